The Labute approximate surface area is 222 Å². The van der Waals surface area contributed by atoms with Crippen molar-refractivity contribution in [1.82, 2.24) is 19.0 Å². The highest BCUT2D eigenvalue weighted by atomic mass is 32.2. The number of ether oxygens (including phenoxy) is 1. The Morgan fingerprint density at radius 1 is 1.11 bits per heavy atom. The van der Waals surface area contributed by atoms with Crippen molar-refractivity contribution in [1.29, 1.82) is 0 Å². The minimum absolute atomic E-state index is 0.0599. The molecule has 2 aromatic heterocycles. The van der Waals surface area contributed by atoms with Crippen LogP contribution in [0.5, 0.6) is 5.75 Å². The fourth-order valence-corrected chi connectivity index (χ4v) is 6.58. The molecule has 1 aliphatic rings. The van der Waals surface area contributed by atoms with Gasteiger partial charge in [0, 0.05) is 19.6 Å². The summed E-state index contributed by atoms with van der Waals surface area (Å²) in [6.45, 7) is 2.19. The van der Waals surface area contributed by atoms with E-state index in [-0.39, 0.29) is 17.2 Å². The van der Waals surface area contributed by atoms with Gasteiger partial charge >= 0.3 is 0 Å². The third-order valence-electron chi connectivity index (χ3n) is 6.24. The number of thioether (sulfide) groups is 1. The molecule has 3 heterocycles. The van der Waals surface area contributed by atoms with Gasteiger partial charge in [-0.1, -0.05) is 65.6 Å². The lowest BCUT2D eigenvalue weighted by Gasteiger charge is -2.17. The van der Waals surface area contributed by atoms with Gasteiger partial charge in [0.05, 0.1) is 18.6 Å². The monoisotopic (exact) mass is 538 g/mol. The number of likely N-dealkylation sites (tertiary alicyclic amines) is 1. The van der Waals surface area contributed by atoms with Gasteiger partial charge in [-0.05, 0) is 49.2 Å². The summed E-state index contributed by atoms with van der Waals surface area (Å²) in [6, 6.07) is 17.5. The smallest absolute Gasteiger partial charge is 0.278 e. The van der Waals surface area contributed by atoms with Gasteiger partial charge in [-0.25, -0.2) is 4.98 Å². The number of carbonyl (C=O) groups is 1. The molecule has 0 spiro atoms. The number of nitrogens with zero attached hydrogens (tertiary/aromatic N) is 4. The summed E-state index contributed by atoms with van der Waals surface area (Å²) in [5, 5.41) is 0.450. The number of para-hydroxylation sites is 2. The number of aromatic nitrogens is 3. The maximum absolute atomic E-state index is 13.9. The lowest BCUT2D eigenvalue weighted by molar-refractivity contribution is -0.127. The molecule has 0 bridgehead atoms. The topological polar surface area (TPSA) is 69.4 Å². The predicted octanol–water partition coefficient (Wildman–Crippen LogP) is 4.94. The van der Waals surface area contributed by atoms with E-state index in [0.29, 0.717) is 37.4 Å². The molecule has 7 nitrogen and oxygen atoms in total. The quantitative estimate of drug-likeness (QED) is 0.180. The number of methoxy groups -OCH3 is 1. The second kappa shape index (κ2) is 11.0. The van der Waals surface area contributed by atoms with E-state index in [1.165, 1.54) is 28.7 Å². The summed E-state index contributed by atoms with van der Waals surface area (Å²) >= 11 is 8.21. The van der Waals surface area contributed by atoms with Gasteiger partial charge in [-0.15, -0.1) is 0 Å². The first-order valence-corrected chi connectivity index (χ1v) is 14.0. The molecule has 0 atom stereocenters. The van der Waals surface area contributed by atoms with E-state index in [1.54, 1.807) is 11.7 Å². The van der Waals surface area contributed by atoms with E-state index in [4.69, 9.17) is 21.9 Å². The van der Waals surface area contributed by atoms with Crippen molar-refractivity contribution < 1.29 is 9.53 Å². The number of thiazole rings is 1. The molecule has 1 saturated heterocycles. The molecule has 0 saturated carbocycles. The molecular formula is C26H26N4O3S3. The van der Waals surface area contributed by atoms with Gasteiger partial charge in [0.1, 0.15) is 10.4 Å². The lowest BCUT2D eigenvalue weighted by atomic mass is 10.1. The third-order valence-corrected chi connectivity index (χ3v) is 8.59. The van der Waals surface area contributed by atoms with E-state index >= 15 is 0 Å². The number of carbonyl (C=O) groups excluding carboxylic acids is 1. The minimum Gasteiger partial charge on any atom is -0.495 e. The van der Waals surface area contributed by atoms with Crippen LogP contribution in [0.4, 0.5) is 0 Å². The largest absolute Gasteiger partial charge is 0.495 e. The predicted molar refractivity (Wildman–Crippen MR) is 147 cm³/mol. The van der Waals surface area contributed by atoms with Gasteiger partial charge in [0.25, 0.3) is 5.56 Å². The van der Waals surface area contributed by atoms with Crippen LogP contribution < -0.4 is 10.3 Å². The maximum Gasteiger partial charge on any atom is 0.278 e. The second-order valence-corrected chi connectivity index (χ2v) is 11.1. The van der Waals surface area contributed by atoms with Crippen LogP contribution in [0.2, 0.25) is 0 Å². The zero-order valence-corrected chi connectivity index (χ0v) is 22.3. The molecule has 1 amide bonds. The van der Waals surface area contributed by atoms with Crippen LogP contribution in [-0.4, -0.2) is 50.9 Å². The highest BCUT2D eigenvalue weighted by Gasteiger charge is 2.23. The Morgan fingerprint density at radius 3 is 2.58 bits per heavy atom. The second-order valence-electron chi connectivity index (χ2n) is 8.49. The third kappa shape index (κ3) is 4.98. The average molecular weight is 539 g/mol. The number of amides is 1. The van der Waals surface area contributed by atoms with Gasteiger partial charge in [-0.3, -0.25) is 14.2 Å². The average Bonchev–Trinajstić information content (AvgIpc) is 3.55. The maximum atomic E-state index is 13.9. The van der Waals surface area contributed by atoms with Crippen molar-refractivity contribution in [3.8, 4) is 11.4 Å². The molecule has 5 rings (SSSR count). The Bertz CT molecular complexity index is 1500. The Balaban J connectivity index is 1.59. The van der Waals surface area contributed by atoms with Crippen LogP contribution in [0.25, 0.3) is 16.0 Å². The van der Waals surface area contributed by atoms with Gasteiger partial charge in [-0.2, -0.15) is 0 Å². The number of hydrogen-bond acceptors (Lipinski definition) is 7. The van der Waals surface area contributed by atoms with E-state index < -0.39 is 0 Å². The van der Waals surface area contributed by atoms with Crippen LogP contribution in [0.1, 0.15) is 18.4 Å². The minimum atomic E-state index is -0.213. The molecule has 1 fully saturated rings. The van der Waals surface area contributed by atoms with Crippen molar-refractivity contribution in [2.24, 2.45) is 0 Å². The Morgan fingerprint density at radius 2 is 1.83 bits per heavy atom. The van der Waals surface area contributed by atoms with Crippen LogP contribution in [0, 0.1) is 3.95 Å². The number of fused-ring (bicyclic) bond motifs is 1. The van der Waals surface area contributed by atoms with E-state index in [1.807, 2.05) is 51.9 Å². The summed E-state index contributed by atoms with van der Waals surface area (Å²) in [6.07, 6.45) is 2.84. The molecule has 4 aromatic rings. The summed E-state index contributed by atoms with van der Waals surface area (Å²) in [7, 11) is 1.57. The van der Waals surface area contributed by atoms with Crippen molar-refractivity contribution >= 4 is 51.6 Å². The van der Waals surface area contributed by atoms with E-state index in [0.717, 1.165) is 32.4 Å². The molecule has 2 aromatic carbocycles. The number of rotatable bonds is 8. The fourth-order valence-electron chi connectivity index (χ4n) is 4.37. The molecule has 186 valence electrons. The van der Waals surface area contributed by atoms with Crippen molar-refractivity contribution in [2.75, 3.05) is 26.0 Å². The van der Waals surface area contributed by atoms with E-state index in [2.05, 4.69) is 12.1 Å². The first-order valence-electron chi connectivity index (χ1n) is 11.8. The van der Waals surface area contributed by atoms with Crippen molar-refractivity contribution in [2.45, 2.75) is 31.0 Å². The summed E-state index contributed by atoms with van der Waals surface area (Å²) in [5.41, 5.74) is 2.13. The van der Waals surface area contributed by atoms with Crippen molar-refractivity contribution in [3.05, 3.63) is 74.5 Å². The summed E-state index contributed by atoms with van der Waals surface area (Å²) in [5.74, 6) is 0.826. The SMILES string of the molecule is COc1ccccc1-n1c(SCC(=O)N2CCCC2)nc2c(sc(=S)n2CCc2ccccc2)c1=O. The number of benzene rings is 2. The highest BCUT2D eigenvalue weighted by Crippen LogP contribution is 2.29. The van der Waals surface area contributed by atoms with Gasteiger partial charge in [0.2, 0.25) is 5.91 Å². The Kier molecular flexibility index (Phi) is 7.54. The zero-order valence-electron chi connectivity index (χ0n) is 19.9. The Hall–Kier alpha value is -2.95. The molecule has 10 heteroatoms. The molecule has 0 radical (unpaired) electrons. The molecule has 0 aliphatic carbocycles. The first kappa shape index (κ1) is 24.7. The summed E-state index contributed by atoms with van der Waals surface area (Å²) in [4.78, 5) is 33.5. The van der Waals surface area contributed by atoms with Crippen LogP contribution in [0.15, 0.2) is 64.5 Å². The molecular weight excluding hydrogens is 513 g/mol. The van der Waals surface area contributed by atoms with Crippen molar-refractivity contribution in [3.63, 3.8) is 0 Å². The first-order chi connectivity index (χ1) is 17.6. The molecule has 0 unspecified atom stereocenters. The fraction of sp³-hybridized carbons (Fsp3) is 0.308. The van der Waals surface area contributed by atoms with E-state index in [9.17, 15) is 9.59 Å². The van der Waals surface area contributed by atoms with Crippen LogP contribution >= 0.6 is 35.3 Å². The standard InChI is InChI=1S/C26H26N4O3S3/c1-33-20-12-6-5-11-19(20)30-24(32)22-23(27-25(30)35-17-21(31)28-14-7-8-15-28)29(26(34)36-22)16-13-18-9-3-2-4-10-18/h2-6,9-12H,7-8,13-17H2,1H3. The molecule has 0 N–H and O–H groups in total. The lowest BCUT2D eigenvalue weighted by Crippen LogP contribution is -2.29. The van der Waals surface area contributed by atoms with Gasteiger partial charge < -0.3 is 14.2 Å². The molecule has 36 heavy (non-hydrogen) atoms. The number of hydrogen-bond donors (Lipinski definition) is 0. The highest BCUT2D eigenvalue weighted by molar-refractivity contribution is 7.99. The zero-order chi connectivity index (χ0) is 25.1. The molecule has 1 aliphatic heterocycles. The van der Waals surface area contributed by atoms with Crippen LogP contribution in [-0.2, 0) is 17.8 Å². The van der Waals surface area contributed by atoms with Gasteiger partial charge in [0.15, 0.2) is 14.8 Å². The summed E-state index contributed by atoms with van der Waals surface area (Å²) < 4.78 is 10.1. The normalized spacial score (nSPS) is 13.4. The number of aryl methyl sites for hydroxylation is 2. The van der Waals surface area contributed by atoms with Crippen LogP contribution in [0.3, 0.4) is 0 Å².